The molecule has 1 aromatic carbocycles. The molecule has 0 aliphatic carbocycles. The molecule has 1 aromatic heterocycles. The first kappa shape index (κ1) is 22.8. The van der Waals surface area contributed by atoms with E-state index in [9.17, 15) is 4.79 Å². The first-order valence-electron chi connectivity index (χ1n) is 11.1. The van der Waals surface area contributed by atoms with Gasteiger partial charge < -0.3 is 15.5 Å². The summed E-state index contributed by atoms with van der Waals surface area (Å²) in [5.74, 6) is 0.691. The van der Waals surface area contributed by atoms with Gasteiger partial charge in [0.2, 0.25) is 5.91 Å². The van der Waals surface area contributed by atoms with Crippen LogP contribution in [-0.4, -0.2) is 77.8 Å². The lowest BCUT2D eigenvalue weighted by atomic mass is 10.1. The molecule has 3 rings (SSSR count). The second-order valence-corrected chi connectivity index (χ2v) is 8.08. The molecule has 8 heteroatoms. The second-order valence-electron chi connectivity index (χ2n) is 8.08. The van der Waals surface area contributed by atoms with Gasteiger partial charge >= 0.3 is 0 Å². The summed E-state index contributed by atoms with van der Waals surface area (Å²) in [5, 5.41) is 11.0. The number of rotatable bonds is 9. The van der Waals surface area contributed by atoms with Crippen molar-refractivity contribution in [1.29, 1.82) is 0 Å². The van der Waals surface area contributed by atoms with Crippen LogP contribution in [0.15, 0.2) is 47.7 Å². The standard InChI is InChI=1S/C23H35N7O/c1-4-29-13-7-11-21(29)16-25-23(26-17-22(31)28(2)3)24-15-19-9-5-6-10-20(19)18-30-14-8-12-27-30/h5-6,8-10,12,14,21H,4,7,11,13,15-18H2,1-3H3,(H2,24,25,26). The van der Waals surface area contributed by atoms with Crippen molar-refractivity contribution >= 4 is 11.9 Å². The maximum atomic E-state index is 12.1. The van der Waals surface area contributed by atoms with Gasteiger partial charge in [-0.05, 0) is 43.1 Å². The fourth-order valence-corrected chi connectivity index (χ4v) is 3.85. The summed E-state index contributed by atoms with van der Waals surface area (Å²) in [6, 6.07) is 10.7. The van der Waals surface area contributed by atoms with Crippen molar-refractivity contribution in [3.8, 4) is 0 Å². The third-order valence-corrected chi connectivity index (χ3v) is 5.73. The molecule has 2 heterocycles. The van der Waals surface area contributed by atoms with Crippen LogP contribution in [0.5, 0.6) is 0 Å². The van der Waals surface area contributed by atoms with Crippen molar-refractivity contribution in [1.82, 2.24) is 30.2 Å². The van der Waals surface area contributed by atoms with E-state index in [1.165, 1.54) is 18.4 Å². The van der Waals surface area contributed by atoms with Crippen LogP contribution >= 0.6 is 0 Å². The van der Waals surface area contributed by atoms with Gasteiger partial charge in [0.05, 0.1) is 19.6 Å². The molecule has 1 fully saturated rings. The average molecular weight is 426 g/mol. The second kappa shape index (κ2) is 11.5. The topological polar surface area (TPSA) is 77.8 Å². The third-order valence-electron chi connectivity index (χ3n) is 5.73. The highest BCUT2D eigenvalue weighted by Crippen LogP contribution is 2.15. The number of likely N-dealkylation sites (N-methyl/N-ethyl adjacent to an activating group) is 2. The van der Waals surface area contributed by atoms with Gasteiger partial charge in [-0.2, -0.15) is 5.10 Å². The van der Waals surface area contributed by atoms with Crippen LogP contribution in [-0.2, 0) is 17.9 Å². The Morgan fingerprint density at radius 3 is 2.74 bits per heavy atom. The number of guanidine groups is 1. The van der Waals surface area contributed by atoms with Crippen LogP contribution in [0.1, 0.15) is 30.9 Å². The van der Waals surface area contributed by atoms with Crippen LogP contribution in [0.2, 0.25) is 0 Å². The molecule has 1 aliphatic rings. The van der Waals surface area contributed by atoms with Crippen LogP contribution in [0.4, 0.5) is 0 Å². The predicted molar refractivity (Wildman–Crippen MR) is 124 cm³/mol. The van der Waals surface area contributed by atoms with Crippen molar-refractivity contribution < 1.29 is 4.79 Å². The molecule has 1 atom stereocenters. The highest BCUT2D eigenvalue weighted by atomic mass is 16.2. The van der Waals surface area contributed by atoms with Gasteiger partial charge in [-0.25, -0.2) is 4.99 Å². The van der Waals surface area contributed by atoms with Gasteiger partial charge in [0.25, 0.3) is 0 Å². The monoisotopic (exact) mass is 425 g/mol. The fraction of sp³-hybridized carbons (Fsp3) is 0.522. The molecule has 0 bridgehead atoms. The lowest BCUT2D eigenvalue weighted by Gasteiger charge is -2.24. The summed E-state index contributed by atoms with van der Waals surface area (Å²) in [5.41, 5.74) is 2.33. The maximum Gasteiger partial charge on any atom is 0.241 e. The Morgan fingerprint density at radius 2 is 2.03 bits per heavy atom. The van der Waals surface area contributed by atoms with Crippen LogP contribution in [0.3, 0.4) is 0 Å². The van der Waals surface area contributed by atoms with Crippen LogP contribution in [0, 0.1) is 0 Å². The van der Waals surface area contributed by atoms with Crippen molar-refractivity contribution in [2.24, 2.45) is 4.99 Å². The van der Waals surface area contributed by atoms with Gasteiger partial charge in [-0.1, -0.05) is 31.2 Å². The third kappa shape index (κ3) is 6.82. The zero-order valence-corrected chi connectivity index (χ0v) is 18.9. The van der Waals surface area contributed by atoms with Crippen molar-refractivity contribution in [2.75, 3.05) is 40.3 Å². The quantitative estimate of drug-likeness (QED) is 0.471. The molecule has 2 N–H and O–H groups in total. The molecule has 0 radical (unpaired) electrons. The molecule has 2 aromatic rings. The number of aromatic nitrogens is 2. The molecular weight excluding hydrogens is 390 g/mol. The number of nitrogens with zero attached hydrogens (tertiary/aromatic N) is 5. The van der Waals surface area contributed by atoms with E-state index in [-0.39, 0.29) is 12.5 Å². The van der Waals surface area contributed by atoms with Gasteiger partial charge in [0.15, 0.2) is 5.96 Å². The molecule has 1 unspecified atom stereocenters. The highest BCUT2D eigenvalue weighted by molar-refractivity contribution is 5.86. The van der Waals surface area contributed by atoms with Crippen molar-refractivity contribution in [3.05, 3.63) is 53.9 Å². The molecule has 31 heavy (non-hydrogen) atoms. The van der Waals surface area contributed by atoms with Gasteiger partial charge in [-0.3, -0.25) is 14.4 Å². The lowest BCUT2D eigenvalue weighted by Crippen LogP contribution is -2.47. The minimum atomic E-state index is 0.0182. The number of carbonyl (C=O) groups excluding carboxylic acids is 1. The van der Waals surface area contributed by atoms with Gasteiger partial charge in [0, 0.05) is 39.1 Å². The Balaban J connectivity index is 1.68. The Labute approximate surface area is 185 Å². The molecule has 168 valence electrons. The maximum absolute atomic E-state index is 12.1. The van der Waals surface area contributed by atoms with E-state index in [4.69, 9.17) is 4.99 Å². The van der Waals surface area contributed by atoms with E-state index in [0.717, 1.165) is 25.2 Å². The molecular formula is C23H35N7O. The zero-order chi connectivity index (χ0) is 22.1. The Kier molecular flexibility index (Phi) is 8.46. The zero-order valence-electron chi connectivity index (χ0n) is 18.9. The SMILES string of the molecule is CCN1CCCC1CNC(=NCc1ccccc1Cn1cccn1)NCC(=O)N(C)C. The summed E-state index contributed by atoms with van der Waals surface area (Å²) in [6.45, 7) is 6.71. The molecule has 0 saturated carbocycles. The van der Waals surface area contributed by atoms with E-state index in [2.05, 4.69) is 39.7 Å². The van der Waals surface area contributed by atoms with E-state index < -0.39 is 0 Å². The first-order chi connectivity index (χ1) is 15.1. The number of likely N-dealkylation sites (tertiary alicyclic amines) is 1. The molecule has 1 saturated heterocycles. The lowest BCUT2D eigenvalue weighted by molar-refractivity contribution is -0.127. The number of aliphatic imine (C=N–C) groups is 1. The number of carbonyl (C=O) groups is 1. The molecule has 8 nitrogen and oxygen atoms in total. The summed E-state index contributed by atoms with van der Waals surface area (Å²) >= 11 is 0. The number of amides is 1. The Hall–Kier alpha value is -2.87. The number of hydrogen-bond acceptors (Lipinski definition) is 4. The van der Waals surface area contributed by atoms with Crippen LogP contribution < -0.4 is 10.6 Å². The Morgan fingerprint density at radius 1 is 1.23 bits per heavy atom. The van der Waals surface area contributed by atoms with Crippen molar-refractivity contribution in [3.63, 3.8) is 0 Å². The first-order valence-corrected chi connectivity index (χ1v) is 11.1. The molecule has 1 amide bonds. The average Bonchev–Trinajstić information content (AvgIpc) is 3.45. The van der Waals surface area contributed by atoms with E-state index in [0.29, 0.717) is 25.1 Å². The van der Waals surface area contributed by atoms with Crippen LogP contribution in [0.25, 0.3) is 0 Å². The summed E-state index contributed by atoms with van der Waals surface area (Å²) < 4.78 is 1.91. The summed E-state index contributed by atoms with van der Waals surface area (Å²) in [7, 11) is 3.52. The normalized spacial score (nSPS) is 17.0. The van der Waals surface area contributed by atoms with E-state index >= 15 is 0 Å². The number of hydrogen-bond donors (Lipinski definition) is 2. The van der Waals surface area contributed by atoms with Crippen molar-refractivity contribution in [2.45, 2.75) is 38.9 Å². The predicted octanol–water partition coefficient (Wildman–Crippen LogP) is 1.54. The highest BCUT2D eigenvalue weighted by Gasteiger charge is 2.23. The van der Waals surface area contributed by atoms with Gasteiger partial charge in [0.1, 0.15) is 0 Å². The van der Waals surface area contributed by atoms with Gasteiger partial charge in [-0.15, -0.1) is 0 Å². The summed E-state index contributed by atoms with van der Waals surface area (Å²) in [6.07, 6.45) is 6.18. The smallest absolute Gasteiger partial charge is 0.241 e. The van der Waals surface area contributed by atoms with E-state index in [1.807, 2.05) is 29.1 Å². The Bertz CT molecular complexity index is 847. The summed E-state index contributed by atoms with van der Waals surface area (Å²) in [4.78, 5) is 21.0. The fourth-order valence-electron chi connectivity index (χ4n) is 3.85. The molecule has 0 spiro atoms. The number of nitrogens with one attached hydrogen (secondary N) is 2. The number of benzene rings is 1. The van der Waals surface area contributed by atoms with E-state index in [1.54, 1.807) is 25.2 Å². The molecule has 1 aliphatic heterocycles. The minimum Gasteiger partial charge on any atom is -0.355 e. The largest absolute Gasteiger partial charge is 0.355 e. The minimum absolute atomic E-state index is 0.0182.